The molecule has 0 amide bonds. The van der Waals surface area contributed by atoms with E-state index in [-0.39, 0.29) is 19.4 Å². The first-order valence-corrected chi connectivity index (χ1v) is 23.4. The molecule has 322 valence electrons. The summed E-state index contributed by atoms with van der Waals surface area (Å²) in [6.45, 7) is 2.79. The van der Waals surface area contributed by atoms with Crippen LogP contribution in [0.15, 0.2) is 24.3 Å². The second-order valence-corrected chi connectivity index (χ2v) is 16.3. The smallest absolute Gasteiger partial charge is 0.472 e. The highest BCUT2D eigenvalue weighted by molar-refractivity contribution is 7.47. The molecule has 12 heteroatoms. The van der Waals surface area contributed by atoms with Crippen LogP contribution in [0.25, 0.3) is 0 Å². The molecule has 0 bridgehead atoms. The van der Waals surface area contributed by atoms with E-state index in [0.29, 0.717) is 12.8 Å². The highest BCUT2D eigenvalue weighted by Crippen LogP contribution is 2.43. The van der Waals surface area contributed by atoms with Gasteiger partial charge in [-0.25, -0.2) is 4.57 Å². The Kier molecular flexibility index (Phi) is 37.4. The fourth-order valence-corrected chi connectivity index (χ4v) is 6.71. The van der Waals surface area contributed by atoms with Crippen LogP contribution in [0, 0.1) is 0 Å². The van der Waals surface area contributed by atoms with Gasteiger partial charge in [0.15, 0.2) is 6.10 Å². The number of esters is 2. The van der Waals surface area contributed by atoms with E-state index < -0.39 is 51.1 Å². The number of aliphatic carboxylic acids is 1. The third-order valence-corrected chi connectivity index (χ3v) is 10.4. The summed E-state index contributed by atoms with van der Waals surface area (Å²) >= 11 is 0. The zero-order valence-electron chi connectivity index (χ0n) is 34.8. The van der Waals surface area contributed by atoms with Crippen LogP contribution in [0.2, 0.25) is 0 Å². The van der Waals surface area contributed by atoms with Gasteiger partial charge in [-0.15, -0.1) is 0 Å². The number of carbonyl (C=O) groups is 3. The molecule has 0 aromatic heterocycles. The predicted molar refractivity (Wildman–Crippen MR) is 222 cm³/mol. The van der Waals surface area contributed by atoms with Crippen molar-refractivity contribution in [3.63, 3.8) is 0 Å². The molecule has 3 atom stereocenters. The molecule has 0 aromatic carbocycles. The molecule has 3 unspecified atom stereocenters. The van der Waals surface area contributed by atoms with Gasteiger partial charge in [0.2, 0.25) is 0 Å². The molecular weight excluding hydrogens is 721 g/mol. The highest BCUT2D eigenvalue weighted by Gasteiger charge is 2.28. The minimum Gasteiger partial charge on any atom is -0.480 e. The number of nitrogens with two attached hydrogens (primary N) is 1. The van der Waals surface area contributed by atoms with E-state index in [4.69, 9.17) is 24.8 Å². The third kappa shape index (κ3) is 38.6. The van der Waals surface area contributed by atoms with Gasteiger partial charge in [0.25, 0.3) is 0 Å². The highest BCUT2D eigenvalue weighted by atomic mass is 31.2. The maximum atomic E-state index is 12.6. The average Bonchev–Trinajstić information content (AvgIpc) is 3.16. The molecule has 4 N–H and O–H groups in total. The maximum absolute atomic E-state index is 12.6. The molecule has 0 fully saturated rings. The number of allylic oxidation sites excluding steroid dienone is 4. The van der Waals surface area contributed by atoms with Crippen molar-refractivity contribution >= 4 is 25.7 Å². The molecule has 0 spiro atoms. The Balaban J connectivity index is 4.38. The fourth-order valence-electron chi connectivity index (χ4n) is 5.94. The monoisotopic (exact) mass is 802 g/mol. The number of unbranched alkanes of at least 4 members (excludes halogenated alkanes) is 23. The van der Waals surface area contributed by atoms with Crippen LogP contribution in [0.1, 0.15) is 200 Å². The van der Waals surface area contributed by atoms with Crippen LogP contribution < -0.4 is 5.73 Å². The van der Waals surface area contributed by atoms with Crippen molar-refractivity contribution < 1.29 is 47.5 Å². The number of hydrogen-bond acceptors (Lipinski definition) is 9. The molecule has 0 heterocycles. The van der Waals surface area contributed by atoms with E-state index in [1.54, 1.807) is 0 Å². The first-order valence-electron chi connectivity index (χ1n) is 21.9. The Morgan fingerprint density at radius 3 is 1.33 bits per heavy atom. The summed E-state index contributed by atoms with van der Waals surface area (Å²) in [7, 11) is -4.72. The lowest BCUT2D eigenvalue weighted by Crippen LogP contribution is -2.34. The summed E-state index contributed by atoms with van der Waals surface area (Å²) in [6.07, 6.45) is 39.5. The Morgan fingerprint density at radius 1 is 0.545 bits per heavy atom. The number of ether oxygens (including phenoxy) is 2. The predicted octanol–water partition coefficient (Wildman–Crippen LogP) is 11.5. The number of carboxylic acids is 1. The van der Waals surface area contributed by atoms with Crippen LogP contribution >= 0.6 is 7.82 Å². The summed E-state index contributed by atoms with van der Waals surface area (Å²) < 4.78 is 32.7. The SMILES string of the molecule is CCCCCCCC/C=C\CCCCCCCC(=O)OCC(COP(=O)(O)OCC(N)C(=O)O)OC(=O)CCCCCCC/C=C\CCCCCCCCC. The van der Waals surface area contributed by atoms with Gasteiger partial charge in [0.1, 0.15) is 12.6 Å². The Bertz CT molecular complexity index is 1040. The van der Waals surface area contributed by atoms with Crippen molar-refractivity contribution in [3.8, 4) is 0 Å². The number of phosphoric acid groups is 1. The summed E-state index contributed by atoms with van der Waals surface area (Å²) in [5.41, 5.74) is 5.33. The van der Waals surface area contributed by atoms with Crippen LogP contribution in [-0.4, -0.2) is 59.9 Å². The largest absolute Gasteiger partial charge is 0.480 e. The lowest BCUT2D eigenvalue weighted by atomic mass is 10.1. The van der Waals surface area contributed by atoms with Gasteiger partial charge in [0, 0.05) is 12.8 Å². The molecule has 0 saturated carbocycles. The zero-order valence-corrected chi connectivity index (χ0v) is 35.7. The minimum atomic E-state index is -4.72. The molecule has 0 aliphatic rings. The Labute approximate surface area is 334 Å². The van der Waals surface area contributed by atoms with Crippen LogP contribution in [0.3, 0.4) is 0 Å². The lowest BCUT2D eigenvalue weighted by molar-refractivity contribution is -0.161. The normalized spacial score (nSPS) is 14.0. The van der Waals surface area contributed by atoms with Gasteiger partial charge in [-0.2, -0.15) is 0 Å². The van der Waals surface area contributed by atoms with Gasteiger partial charge >= 0.3 is 25.7 Å². The number of carbonyl (C=O) groups excluding carboxylic acids is 2. The molecule has 0 aromatic rings. The van der Waals surface area contributed by atoms with E-state index in [9.17, 15) is 23.8 Å². The molecule has 0 aliphatic carbocycles. The number of carboxylic acid groups (broad SMARTS) is 1. The summed E-state index contributed by atoms with van der Waals surface area (Å²) in [5.74, 6) is -2.39. The molecule has 0 aliphatic heterocycles. The van der Waals surface area contributed by atoms with Crippen molar-refractivity contribution in [1.29, 1.82) is 0 Å². The van der Waals surface area contributed by atoms with Gasteiger partial charge < -0.3 is 25.2 Å². The fraction of sp³-hybridized carbons (Fsp3) is 0.837. The molecule has 55 heavy (non-hydrogen) atoms. The number of phosphoric ester groups is 1. The topological polar surface area (TPSA) is 172 Å². The molecule has 0 saturated heterocycles. The molecule has 0 rings (SSSR count). The first kappa shape index (κ1) is 53.0. The molecule has 11 nitrogen and oxygen atoms in total. The average molecular weight is 802 g/mol. The standard InChI is InChI=1S/C43H80NO10P/c1-3-5-7-9-11-13-15-17-19-21-23-25-27-29-31-33-35-42(46)54-39(37-52-55(49,50)53-38-40(44)43(47)48)36-51-41(45)34-32-30-28-26-24-22-20-18-16-14-12-10-8-6-4-2/h18-21,39-40H,3-17,22-38,44H2,1-2H3,(H,47,48)(H,49,50)/b20-18-,21-19-. The lowest BCUT2D eigenvalue weighted by Gasteiger charge is -2.20. The van der Waals surface area contributed by atoms with Gasteiger partial charge in [0.05, 0.1) is 13.2 Å². The van der Waals surface area contributed by atoms with E-state index in [1.165, 1.54) is 83.5 Å². The molecular formula is C43H80NO10P. The minimum absolute atomic E-state index is 0.151. The zero-order chi connectivity index (χ0) is 40.7. The van der Waals surface area contributed by atoms with Gasteiger partial charge in [-0.05, 0) is 64.2 Å². The Morgan fingerprint density at radius 2 is 0.909 bits per heavy atom. The van der Waals surface area contributed by atoms with Crippen LogP contribution in [-0.2, 0) is 37.5 Å². The van der Waals surface area contributed by atoms with E-state index >= 15 is 0 Å². The number of rotatable bonds is 41. The third-order valence-electron chi connectivity index (χ3n) is 9.42. The van der Waals surface area contributed by atoms with Crippen LogP contribution in [0.4, 0.5) is 0 Å². The molecule has 0 radical (unpaired) electrons. The van der Waals surface area contributed by atoms with E-state index in [2.05, 4.69) is 42.7 Å². The van der Waals surface area contributed by atoms with Crippen LogP contribution in [0.5, 0.6) is 0 Å². The summed E-state index contributed by atoms with van der Waals surface area (Å²) in [5, 5.41) is 8.88. The van der Waals surface area contributed by atoms with E-state index in [0.717, 1.165) is 77.0 Å². The quantitative estimate of drug-likeness (QED) is 0.0232. The first-order chi connectivity index (χ1) is 26.6. The number of hydrogen-bond donors (Lipinski definition) is 3. The maximum Gasteiger partial charge on any atom is 0.472 e. The van der Waals surface area contributed by atoms with Gasteiger partial charge in [-0.3, -0.25) is 23.4 Å². The summed E-state index contributed by atoms with van der Waals surface area (Å²) in [6, 6.07) is -1.52. The second-order valence-electron chi connectivity index (χ2n) is 14.8. The van der Waals surface area contributed by atoms with Gasteiger partial charge in [-0.1, -0.05) is 147 Å². The summed E-state index contributed by atoms with van der Waals surface area (Å²) in [4.78, 5) is 45.9. The van der Waals surface area contributed by atoms with Crippen molar-refractivity contribution in [2.75, 3.05) is 19.8 Å². The van der Waals surface area contributed by atoms with E-state index in [1.807, 2.05) is 0 Å². The van der Waals surface area contributed by atoms with Crippen molar-refractivity contribution in [2.45, 2.75) is 212 Å². The van der Waals surface area contributed by atoms with Crippen molar-refractivity contribution in [2.24, 2.45) is 5.73 Å². The van der Waals surface area contributed by atoms with Crippen molar-refractivity contribution in [1.82, 2.24) is 0 Å². The Hall–Kier alpha value is -2.04. The second kappa shape index (κ2) is 38.8. The van der Waals surface area contributed by atoms with Crippen molar-refractivity contribution in [3.05, 3.63) is 24.3 Å².